The Hall–Kier alpha value is -3.99. The summed E-state index contributed by atoms with van der Waals surface area (Å²) < 4.78 is 42.8. The van der Waals surface area contributed by atoms with E-state index in [-0.39, 0.29) is 17.5 Å². The summed E-state index contributed by atoms with van der Waals surface area (Å²) in [6.07, 6.45) is 2.95. The predicted octanol–water partition coefficient (Wildman–Crippen LogP) is 4.29. The molecular weight excluding hydrogens is 475 g/mol. The molecule has 3 aromatic rings. The molecule has 1 aromatic carbocycles. The predicted molar refractivity (Wildman–Crippen MR) is 126 cm³/mol. The van der Waals surface area contributed by atoms with Gasteiger partial charge in [-0.15, -0.1) is 0 Å². The molecule has 0 bridgehead atoms. The number of nitrogens with zero attached hydrogens (tertiary/aromatic N) is 2. The van der Waals surface area contributed by atoms with Gasteiger partial charge in [0, 0.05) is 18.3 Å². The number of halogens is 3. The Morgan fingerprint density at radius 2 is 1.78 bits per heavy atom. The number of carboxylic acid groups (broad SMARTS) is 1. The number of hydrogen-bond acceptors (Lipinski definition) is 5. The molecule has 1 fully saturated rings. The first kappa shape index (κ1) is 25.1. The van der Waals surface area contributed by atoms with Gasteiger partial charge in [-0.3, -0.25) is 9.78 Å². The fourth-order valence-electron chi connectivity index (χ4n) is 4.75. The van der Waals surface area contributed by atoms with E-state index in [4.69, 9.17) is 10.8 Å². The van der Waals surface area contributed by atoms with Crippen molar-refractivity contribution in [1.82, 2.24) is 15.3 Å². The molecule has 2 amide bonds. The Kier molecular flexibility index (Phi) is 7.20. The van der Waals surface area contributed by atoms with Crippen LogP contribution in [0.5, 0.6) is 0 Å². The number of anilines is 1. The van der Waals surface area contributed by atoms with E-state index in [1.807, 2.05) is 6.92 Å². The molecule has 1 saturated carbocycles. The fraction of sp³-hybridized carbons (Fsp3) is 0.280. The van der Waals surface area contributed by atoms with Gasteiger partial charge < -0.3 is 21.5 Å². The van der Waals surface area contributed by atoms with E-state index in [0.29, 0.717) is 18.5 Å². The van der Waals surface area contributed by atoms with Gasteiger partial charge >= 0.3 is 6.09 Å². The molecule has 0 saturated heterocycles. The summed E-state index contributed by atoms with van der Waals surface area (Å²) >= 11 is 0. The highest BCUT2D eigenvalue weighted by Crippen LogP contribution is 2.38. The molecule has 11 heteroatoms. The molecule has 1 aliphatic rings. The molecule has 36 heavy (non-hydrogen) atoms. The van der Waals surface area contributed by atoms with Gasteiger partial charge in [-0.2, -0.15) is 0 Å². The maximum absolute atomic E-state index is 14.4. The highest BCUT2D eigenvalue weighted by molar-refractivity contribution is 6.03. The van der Waals surface area contributed by atoms with E-state index in [9.17, 15) is 22.8 Å². The average Bonchev–Trinajstić information content (AvgIpc) is 2.82. The zero-order valence-electron chi connectivity index (χ0n) is 19.2. The van der Waals surface area contributed by atoms with Crippen molar-refractivity contribution in [2.45, 2.75) is 37.8 Å². The summed E-state index contributed by atoms with van der Waals surface area (Å²) in [6, 6.07) is 6.02. The summed E-state index contributed by atoms with van der Waals surface area (Å²) in [6.45, 7) is 1.90. The van der Waals surface area contributed by atoms with E-state index in [2.05, 4.69) is 20.6 Å². The molecule has 188 valence electrons. The second kappa shape index (κ2) is 10.3. The highest BCUT2D eigenvalue weighted by Gasteiger charge is 2.36. The largest absolute Gasteiger partial charge is 0.465 e. The molecule has 5 N–H and O–H groups in total. The number of benzene rings is 1. The first-order chi connectivity index (χ1) is 17.2. The molecule has 0 radical (unpaired) electrons. The lowest BCUT2D eigenvalue weighted by molar-refractivity contribution is 0.102. The van der Waals surface area contributed by atoms with Crippen LogP contribution in [0.25, 0.3) is 11.3 Å². The van der Waals surface area contributed by atoms with Crippen LogP contribution in [-0.2, 0) is 0 Å². The van der Waals surface area contributed by atoms with Crippen LogP contribution in [0.3, 0.4) is 0 Å². The maximum Gasteiger partial charge on any atom is 0.404 e. The smallest absolute Gasteiger partial charge is 0.404 e. The minimum atomic E-state index is -1.14. The Morgan fingerprint density at radius 3 is 2.44 bits per heavy atom. The van der Waals surface area contributed by atoms with Gasteiger partial charge in [0.1, 0.15) is 28.8 Å². The Labute approximate surface area is 204 Å². The van der Waals surface area contributed by atoms with Crippen LogP contribution in [-0.4, -0.2) is 39.2 Å². The van der Waals surface area contributed by atoms with E-state index in [1.54, 1.807) is 12.3 Å². The topological polar surface area (TPSA) is 130 Å². The quantitative estimate of drug-likeness (QED) is 0.414. The van der Waals surface area contributed by atoms with Crippen molar-refractivity contribution in [2.24, 2.45) is 11.7 Å². The first-order valence-electron chi connectivity index (χ1n) is 11.3. The lowest BCUT2D eigenvalue weighted by atomic mass is 9.73. The molecule has 2 heterocycles. The number of carbonyl (C=O) groups excluding carboxylic acids is 1. The summed E-state index contributed by atoms with van der Waals surface area (Å²) in [7, 11) is 0. The molecule has 4 rings (SSSR count). The van der Waals surface area contributed by atoms with E-state index in [0.717, 1.165) is 35.9 Å². The van der Waals surface area contributed by atoms with E-state index in [1.165, 1.54) is 6.20 Å². The summed E-state index contributed by atoms with van der Waals surface area (Å²) in [4.78, 5) is 32.1. The lowest BCUT2D eigenvalue weighted by Gasteiger charge is -2.39. The van der Waals surface area contributed by atoms with Gasteiger partial charge in [-0.05, 0) is 60.6 Å². The third kappa shape index (κ3) is 5.15. The normalized spacial score (nSPS) is 21.6. The van der Waals surface area contributed by atoms with Gasteiger partial charge in [0.05, 0.1) is 17.4 Å². The molecule has 0 unspecified atom stereocenters. The minimum Gasteiger partial charge on any atom is -0.465 e. The Balaban J connectivity index is 1.59. The van der Waals surface area contributed by atoms with Gasteiger partial charge in [0.2, 0.25) is 0 Å². The van der Waals surface area contributed by atoms with E-state index >= 15 is 0 Å². The molecule has 1 aliphatic carbocycles. The summed E-state index contributed by atoms with van der Waals surface area (Å²) in [5.74, 6) is -3.87. The maximum atomic E-state index is 14.4. The van der Waals surface area contributed by atoms with Crippen molar-refractivity contribution in [1.29, 1.82) is 0 Å². The molecule has 4 atom stereocenters. The number of rotatable bonds is 5. The van der Waals surface area contributed by atoms with Crippen LogP contribution < -0.4 is 16.4 Å². The lowest BCUT2D eigenvalue weighted by Crippen LogP contribution is -2.54. The van der Waals surface area contributed by atoms with E-state index < -0.39 is 52.8 Å². The van der Waals surface area contributed by atoms with Crippen LogP contribution in [0.2, 0.25) is 0 Å². The number of nitrogens with one attached hydrogen (secondary N) is 2. The molecule has 2 aromatic heterocycles. The number of amides is 2. The van der Waals surface area contributed by atoms with Crippen molar-refractivity contribution in [2.75, 3.05) is 5.32 Å². The molecule has 8 nitrogen and oxygen atoms in total. The van der Waals surface area contributed by atoms with Crippen molar-refractivity contribution in [3.05, 3.63) is 77.5 Å². The van der Waals surface area contributed by atoms with Crippen LogP contribution >= 0.6 is 0 Å². The SMILES string of the molecule is C[C@H]1C[C@@H](c2ccncc2NC(=O)c2ccc(F)c(-c3c(F)cccc3F)n2)C[C@@H](N)[C@H]1NC(=O)O. The monoisotopic (exact) mass is 499 g/mol. The van der Waals surface area contributed by atoms with Crippen molar-refractivity contribution in [3.63, 3.8) is 0 Å². The summed E-state index contributed by atoms with van der Waals surface area (Å²) in [5, 5.41) is 14.3. The second-order valence-electron chi connectivity index (χ2n) is 8.83. The van der Waals surface area contributed by atoms with Gasteiger partial charge in [0.15, 0.2) is 0 Å². The van der Waals surface area contributed by atoms with Crippen LogP contribution in [0.15, 0.2) is 48.8 Å². The highest BCUT2D eigenvalue weighted by atomic mass is 19.1. The second-order valence-corrected chi connectivity index (χ2v) is 8.83. The summed E-state index contributed by atoms with van der Waals surface area (Å²) in [5.41, 5.74) is 5.86. The Bertz CT molecular complexity index is 1270. The van der Waals surface area contributed by atoms with Crippen molar-refractivity contribution >= 4 is 17.7 Å². The van der Waals surface area contributed by atoms with Crippen molar-refractivity contribution < 1.29 is 27.9 Å². The van der Waals surface area contributed by atoms with Crippen LogP contribution in [0.4, 0.5) is 23.7 Å². The van der Waals surface area contributed by atoms with Gasteiger partial charge in [0.25, 0.3) is 5.91 Å². The zero-order chi connectivity index (χ0) is 26.0. The standard InChI is InChI=1S/C25H24F3N5O3/c1-12-9-13(10-18(29)22(12)33-25(35)36)14-7-8-30-11-20(14)32-24(34)19-6-5-17(28)23(31-19)21-15(26)3-2-4-16(21)27/h2-8,11-13,18,22,33H,9-10,29H2,1H3,(H,32,34)(H,35,36)/t12-,13+,18+,22-/m0/s1. The number of nitrogens with two attached hydrogens (primary N) is 1. The number of hydrogen-bond donors (Lipinski definition) is 4. The minimum absolute atomic E-state index is 0.0662. The van der Waals surface area contributed by atoms with Crippen molar-refractivity contribution in [3.8, 4) is 11.3 Å². The zero-order valence-corrected chi connectivity index (χ0v) is 19.2. The third-order valence-electron chi connectivity index (χ3n) is 6.40. The Morgan fingerprint density at radius 1 is 1.06 bits per heavy atom. The first-order valence-corrected chi connectivity index (χ1v) is 11.3. The average molecular weight is 499 g/mol. The molecular formula is C25H24F3N5O3. The fourth-order valence-corrected chi connectivity index (χ4v) is 4.75. The number of carbonyl (C=O) groups is 2. The van der Waals surface area contributed by atoms with Gasteiger partial charge in [-0.25, -0.2) is 22.9 Å². The number of pyridine rings is 2. The molecule has 0 aliphatic heterocycles. The third-order valence-corrected chi connectivity index (χ3v) is 6.40. The van der Waals surface area contributed by atoms with Gasteiger partial charge in [-0.1, -0.05) is 13.0 Å². The number of aromatic nitrogens is 2. The van der Waals surface area contributed by atoms with Crippen LogP contribution in [0, 0.1) is 23.4 Å². The van der Waals surface area contributed by atoms with Crippen LogP contribution in [0.1, 0.15) is 41.7 Å². The molecule has 0 spiro atoms.